The lowest BCUT2D eigenvalue weighted by Gasteiger charge is -2.20. The highest BCUT2D eigenvalue weighted by Crippen LogP contribution is 2.30. The molecule has 1 aromatic carbocycles. The van der Waals surface area contributed by atoms with Gasteiger partial charge in [0.25, 0.3) is 0 Å². The van der Waals surface area contributed by atoms with Gasteiger partial charge in [0.1, 0.15) is 4.90 Å². The Kier molecular flexibility index (Phi) is 4.55. The molecule has 1 atom stereocenters. The third-order valence-corrected chi connectivity index (χ3v) is 5.39. The first kappa shape index (κ1) is 15.1. The first-order valence-corrected chi connectivity index (χ1v) is 8.54. The van der Waals surface area contributed by atoms with Crippen LogP contribution in [-0.4, -0.2) is 28.6 Å². The number of anilines is 2. The second kappa shape index (κ2) is 6.01. The predicted octanol–water partition coefficient (Wildman–Crippen LogP) is 1.80. The molecule has 0 bridgehead atoms. The van der Waals surface area contributed by atoms with Gasteiger partial charge in [-0.3, -0.25) is 0 Å². The smallest absolute Gasteiger partial charge is 0.242 e. The zero-order chi connectivity index (χ0) is 14.8. The molecule has 0 aromatic heterocycles. The van der Waals surface area contributed by atoms with Crippen LogP contribution in [0.1, 0.15) is 26.2 Å². The van der Waals surface area contributed by atoms with E-state index in [2.05, 4.69) is 16.5 Å². The highest BCUT2D eigenvalue weighted by molar-refractivity contribution is 7.89. The van der Waals surface area contributed by atoms with Gasteiger partial charge in [0.2, 0.25) is 10.0 Å². The molecule has 1 aliphatic rings. The fourth-order valence-corrected chi connectivity index (χ4v) is 3.63. The Hall–Kier alpha value is -1.27. The van der Waals surface area contributed by atoms with E-state index < -0.39 is 10.0 Å². The Morgan fingerprint density at radius 2 is 2.20 bits per heavy atom. The molecule has 5 nitrogen and oxygen atoms in total. The molecule has 0 radical (unpaired) electrons. The minimum Gasteiger partial charge on any atom is -0.398 e. The molecule has 0 aliphatic carbocycles. The molecule has 20 heavy (non-hydrogen) atoms. The van der Waals surface area contributed by atoms with Crippen LogP contribution in [-0.2, 0) is 10.0 Å². The molecule has 1 fully saturated rings. The zero-order valence-corrected chi connectivity index (χ0v) is 12.9. The number of nitrogens with two attached hydrogens (primary N) is 1. The van der Waals surface area contributed by atoms with Crippen LogP contribution in [0.3, 0.4) is 0 Å². The van der Waals surface area contributed by atoms with Gasteiger partial charge in [0.05, 0.1) is 5.69 Å². The fraction of sp³-hybridized carbons (Fsp3) is 0.571. The van der Waals surface area contributed by atoms with Crippen molar-refractivity contribution in [2.75, 3.05) is 30.8 Å². The van der Waals surface area contributed by atoms with E-state index in [1.165, 1.54) is 26.3 Å². The number of nitrogen functional groups attached to an aromatic ring is 1. The lowest BCUT2D eigenvalue weighted by molar-refractivity contribution is 0.530. The lowest BCUT2D eigenvalue weighted by Crippen LogP contribution is -2.22. The molecular formula is C14H23N3O2S. The Morgan fingerprint density at radius 3 is 2.80 bits per heavy atom. The van der Waals surface area contributed by atoms with E-state index in [9.17, 15) is 8.42 Å². The molecule has 6 heteroatoms. The van der Waals surface area contributed by atoms with Gasteiger partial charge < -0.3 is 10.6 Å². The van der Waals surface area contributed by atoms with Crippen LogP contribution < -0.4 is 15.4 Å². The molecule has 1 aromatic rings. The molecule has 0 saturated carbocycles. The number of nitrogens with one attached hydrogen (secondary N) is 1. The Labute approximate surface area is 121 Å². The van der Waals surface area contributed by atoms with Crippen LogP contribution in [0.15, 0.2) is 23.1 Å². The van der Waals surface area contributed by atoms with Crippen molar-refractivity contribution >= 4 is 21.4 Å². The maximum atomic E-state index is 11.8. The Morgan fingerprint density at radius 1 is 1.45 bits per heavy atom. The molecule has 1 aliphatic heterocycles. The highest BCUT2D eigenvalue weighted by atomic mass is 32.2. The summed E-state index contributed by atoms with van der Waals surface area (Å²) in [5.74, 6) is 0.738. The van der Waals surface area contributed by atoms with E-state index in [-0.39, 0.29) is 4.90 Å². The molecule has 1 heterocycles. The van der Waals surface area contributed by atoms with Crippen molar-refractivity contribution in [1.29, 1.82) is 0 Å². The summed E-state index contributed by atoms with van der Waals surface area (Å²) in [6.45, 7) is 4.26. The summed E-state index contributed by atoms with van der Waals surface area (Å²) in [4.78, 5) is 2.43. The van der Waals surface area contributed by atoms with Crippen molar-refractivity contribution in [3.05, 3.63) is 18.2 Å². The largest absolute Gasteiger partial charge is 0.398 e. The first-order valence-electron chi connectivity index (χ1n) is 7.06. The van der Waals surface area contributed by atoms with Gasteiger partial charge in [0.15, 0.2) is 0 Å². The fourth-order valence-electron chi connectivity index (χ4n) is 2.80. The number of nitrogens with zero attached hydrogens (tertiary/aromatic N) is 1. The van der Waals surface area contributed by atoms with Crippen LogP contribution in [0.4, 0.5) is 11.4 Å². The monoisotopic (exact) mass is 297 g/mol. The number of rotatable bonds is 5. The standard InChI is InChI=1S/C14H23N3O2S/c1-3-4-11-7-8-17(10-11)12-5-6-14(13(15)9-12)20(18,19)16-2/h5-6,9,11,16H,3-4,7-8,10,15H2,1-2H3. The van der Waals surface area contributed by atoms with Crippen LogP contribution >= 0.6 is 0 Å². The number of sulfonamides is 1. The van der Waals surface area contributed by atoms with Gasteiger partial charge in [-0.2, -0.15) is 0 Å². The van der Waals surface area contributed by atoms with E-state index >= 15 is 0 Å². The second-order valence-electron chi connectivity index (χ2n) is 5.32. The van der Waals surface area contributed by atoms with E-state index in [1.807, 2.05) is 6.07 Å². The average Bonchev–Trinajstić information content (AvgIpc) is 2.87. The van der Waals surface area contributed by atoms with Gasteiger partial charge in [-0.05, 0) is 44.0 Å². The lowest BCUT2D eigenvalue weighted by atomic mass is 10.0. The maximum Gasteiger partial charge on any atom is 0.242 e. The minimum absolute atomic E-state index is 0.146. The van der Waals surface area contributed by atoms with Crippen LogP contribution in [0.25, 0.3) is 0 Å². The minimum atomic E-state index is -3.48. The molecule has 2 rings (SSSR count). The quantitative estimate of drug-likeness (QED) is 0.813. The molecule has 3 N–H and O–H groups in total. The van der Waals surface area contributed by atoms with Gasteiger partial charge in [-0.15, -0.1) is 0 Å². The van der Waals surface area contributed by atoms with E-state index in [1.54, 1.807) is 12.1 Å². The molecule has 1 saturated heterocycles. The predicted molar refractivity (Wildman–Crippen MR) is 82.3 cm³/mol. The Balaban J connectivity index is 2.18. The summed E-state index contributed by atoms with van der Waals surface area (Å²) in [7, 11) is -2.09. The van der Waals surface area contributed by atoms with Crippen molar-refractivity contribution in [2.45, 2.75) is 31.1 Å². The van der Waals surface area contributed by atoms with E-state index in [0.717, 1.165) is 24.7 Å². The number of hydrogen-bond acceptors (Lipinski definition) is 4. The van der Waals surface area contributed by atoms with E-state index in [0.29, 0.717) is 5.69 Å². The highest BCUT2D eigenvalue weighted by Gasteiger charge is 2.23. The molecule has 0 amide bonds. The van der Waals surface area contributed by atoms with Crippen molar-refractivity contribution in [1.82, 2.24) is 4.72 Å². The first-order chi connectivity index (χ1) is 9.47. The topological polar surface area (TPSA) is 75.4 Å². The van der Waals surface area contributed by atoms with Crippen molar-refractivity contribution < 1.29 is 8.42 Å². The summed E-state index contributed by atoms with van der Waals surface area (Å²) >= 11 is 0. The second-order valence-corrected chi connectivity index (χ2v) is 7.17. The molecule has 112 valence electrons. The molecule has 0 spiro atoms. The number of hydrogen-bond donors (Lipinski definition) is 2. The van der Waals surface area contributed by atoms with E-state index in [4.69, 9.17) is 5.73 Å². The third-order valence-electron chi connectivity index (χ3n) is 3.90. The SMILES string of the molecule is CCCC1CCN(c2ccc(S(=O)(=O)NC)c(N)c2)C1. The van der Waals surface area contributed by atoms with Gasteiger partial charge in [-0.25, -0.2) is 13.1 Å². The van der Waals surface area contributed by atoms with Gasteiger partial charge in [-0.1, -0.05) is 13.3 Å². The normalized spacial score (nSPS) is 19.5. The number of benzene rings is 1. The average molecular weight is 297 g/mol. The van der Waals surface area contributed by atoms with Crippen molar-refractivity contribution in [3.8, 4) is 0 Å². The summed E-state index contributed by atoms with van der Waals surface area (Å²) in [6, 6.07) is 5.19. The van der Waals surface area contributed by atoms with Gasteiger partial charge in [0, 0.05) is 18.8 Å². The summed E-state index contributed by atoms with van der Waals surface area (Å²) < 4.78 is 25.9. The maximum absolute atomic E-state index is 11.8. The molecular weight excluding hydrogens is 274 g/mol. The summed E-state index contributed by atoms with van der Waals surface area (Å²) in [5.41, 5.74) is 7.21. The van der Waals surface area contributed by atoms with Crippen molar-refractivity contribution in [2.24, 2.45) is 5.92 Å². The zero-order valence-electron chi connectivity index (χ0n) is 12.1. The van der Waals surface area contributed by atoms with Crippen LogP contribution in [0.2, 0.25) is 0 Å². The van der Waals surface area contributed by atoms with Crippen molar-refractivity contribution in [3.63, 3.8) is 0 Å². The van der Waals surface area contributed by atoms with Gasteiger partial charge >= 0.3 is 0 Å². The van der Waals surface area contributed by atoms with Crippen LogP contribution in [0.5, 0.6) is 0 Å². The Bertz CT molecular complexity index is 572. The van der Waals surface area contributed by atoms with Crippen LogP contribution in [0, 0.1) is 5.92 Å². The third kappa shape index (κ3) is 3.07. The summed E-state index contributed by atoms with van der Waals surface area (Å²) in [6.07, 6.45) is 3.66. The molecule has 1 unspecified atom stereocenters. The summed E-state index contributed by atoms with van der Waals surface area (Å²) in [5, 5.41) is 0.